The van der Waals surface area contributed by atoms with Crippen LogP contribution in [-0.4, -0.2) is 54.9 Å². The van der Waals surface area contributed by atoms with Crippen molar-refractivity contribution < 1.29 is 31.9 Å². The van der Waals surface area contributed by atoms with E-state index in [9.17, 15) is 2.86 Å². The summed E-state index contributed by atoms with van der Waals surface area (Å²) in [5, 5.41) is 14.2. The maximum atomic E-state index is 13.3. The number of rotatable bonds is 14. The Kier molecular flexibility index (Phi) is 21.5. The van der Waals surface area contributed by atoms with Gasteiger partial charge >= 0.3 is 120 Å². The van der Waals surface area contributed by atoms with Gasteiger partial charge in [-0.05, 0) is 44.9 Å². The Bertz CT molecular complexity index is 919. The first-order chi connectivity index (χ1) is 18.3. The number of aryl methyl sites for hydroxylation is 1. The Morgan fingerprint density at radius 1 is 1.26 bits per heavy atom. The van der Waals surface area contributed by atoms with Crippen molar-refractivity contribution >= 4 is 39.3 Å². The Morgan fingerprint density at radius 3 is 2.53 bits per heavy atom. The normalized spacial score (nSPS) is 13.5. The first-order valence-electron chi connectivity index (χ1n) is 12.3. The Labute approximate surface area is 234 Å². The quantitative estimate of drug-likeness (QED) is 0.0428. The van der Waals surface area contributed by atoms with E-state index in [0.29, 0.717) is 17.6 Å². The Morgan fingerprint density at radius 2 is 1.95 bits per heavy atom. The van der Waals surface area contributed by atoms with E-state index >= 15 is 0 Å². The predicted octanol–water partition coefficient (Wildman–Crippen LogP) is 7.46. The average Bonchev–Trinajstić information content (AvgIpc) is 2.87. The van der Waals surface area contributed by atoms with Gasteiger partial charge in [0.25, 0.3) is 6.47 Å². The average molecular weight is 649 g/mol. The summed E-state index contributed by atoms with van der Waals surface area (Å²) >= 11 is -2.25. The van der Waals surface area contributed by atoms with Crippen molar-refractivity contribution in [3.63, 3.8) is 0 Å². The van der Waals surface area contributed by atoms with Gasteiger partial charge in [-0.1, -0.05) is 6.92 Å². The third-order valence-corrected chi connectivity index (χ3v) is 6.86. The topological polar surface area (TPSA) is 98.9 Å². The van der Waals surface area contributed by atoms with Crippen molar-refractivity contribution in [1.82, 2.24) is 0 Å². The molecule has 0 saturated carbocycles. The summed E-state index contributed by atoms with van der Waals surface area (Å²) < 4.78 is 27.5. The fourth-order valence-electron chi connectivity index (χ4n) is 2.86. The van der Waals surface area contributed by atoms with Crippen LogP contribution in [0.5, 0.6) is 11.5 Å². The molecule has 8 nitrogen and oxygen atoms in total. The van der Waals surface area contributed by atoms with Crippen molar-refractivity contribution in [1.29, 1.82) is 0 Å². The van der Waals surface area contributed by atoms with Crippen LogP contribution in [0.1, 0.15) is 52.0 Å². The monoisotopic (exact) mass is 648 g/mol. The second-order valence-electron chi connectivity index (χ2n) is 8.12. The molecule has 0 atom stereocenters. The number of alkyl halides is 1. The van der Waals surface area contributed by atoms with Crippen LogP contribution in [0.3, 0.4) is 0 Å². The third kappa shape index (κ3) is 19.3. The van der Waals surface area contributed by atoms with Gasteiger partial charge in [-0.3, -0.25) is 4.79 Å². The van der Waals surface area contributed by atoms with E-state index in [4.69, 9.17) is 24.2 Å². The summed E-state index contributed by atoms with van der Waals surface area (Å²) in [5.74, 6) is 1.57. The van der Waals surface area contributed by atoms with Gasteiger partial charge in [0.1, 0.15) is 12.9 Å². The van der Waals surface area contributed by atoms with Gasteiger partial charge in [0.05, 0.1) is 6.10 Å². The second kappa shape index (κ2) is 23.2. The van der Waals surface area contributed by atoms with Crippen molar-refractivity contribution in [2.45, 2.75) is 59.5 Å². The number of hydrogen-bond acceptors (Lipinski definition) is 7. The van der Waals surface area contributed by atoms with E-state index in [1.807, 2.05) is 51.1 Å². The number of benzene rings is 1. The van der Waals surface area contributed by atoms with Gasteiger partial charge in [0.15, 0.2) is 0 Å². The first kappa shape index (κ1) is 35.1. The summed E-state index contributed by atoms with van der Waals surface area (Å²) in [6.45, 7) is 11.8. The molecule has 0 aromatic heterocycles. The van der Waals surface area contributed by atoms with Gasteiger partial charge < -0.3 is 14.7 Å². The number of carbonyl (C=O) groups is 1. The zero-order valence-corrected chi connectivity index (χ0v) is 25.2. The molecule has 0 fully saturated rings. The zero-order valence-electron chi connectivity index (χ0n) is 23.1. The van der Waals surface area contributed by atoms with Gasteiger partial charge in [-0.25, -0.2) is 0 Å². The number of carboxylic acid groups (broad SMARTS) is 1. The SMILES string of the molecule is C=NOC.CCCO/N=C(/CC/C=C/CC1=CCI(F)C=C1)COc1cc(C)cc(OC(C)C)c1.O=CO. The molecule has 0 amide bonds. The van der Waals surface area contributed by atoms with Crippen molar-refractivity contribution in [2.24, 2.45) is 10.3 Å². The first-order valence-corrected chi connectivity index (χ1v) is 15.9. The van der Waals surface area contributed by atoms with Gasteiger partial charge in [-0.2, -0.15) is 0 Å². The molecular formula is C28H42FIN2O6. The van der Waals surface area contributed by atoms with E-state index in [1.54, 1.807) is 4.08 Å². The molecule has 1 heterocycles. The summed E-state index contributed by atoms with van der Waals surface area (Å²) in [4.78, 5) is 17.8. The van der Waals surface area contributed by atoms with Crippen LogP contribution in [0.2, 0.25) is 0 Å². The molecular weight excluding hydrogens is 606 g/mol. The minimum absolute atomic E-state index is 0.113. The fraction of sp³-hybridized carbons (Fsp3) is 0.464. The van der Waals surface area contributed by atoms with Gasteiger partial charge in [-0.15, -0.1) is 5.16 Å². The third-order valence-electron chi connectivity index (χ3n) is 4.44. The number of ether oxygens (including phenoxy) is 2. The molecule has 0 radical (unpaired) electrons. The molecule has 38 heavy (non-hydrogen) atoms. The van der Waals surface area contributed by atoms with Crippen LogP contribution < -0.4 is 9.47 Å². The predicted molar refractivity (Wildman–Crippen MR) is 162 cm³/mol. The summed E-state index contributed by atoms with van der Waals surface area (Å²) in [6, 6.07) is 5.91. The summed E-state index contributed by atoms with van der Waals surface area (Å²) in [7, 11) is 1.45. The Balaban J connectivity index is 0.00000175. The summed E-state index contributed by atoms with van der Waals surface area (Å²) in [5.41, 5.74) is 3.16. The molecule has 214 valence electrons. The van der Waals surface area contributed by atoms with Crippen molar-refractivity contribution in [2.75, 3.05) is 24.8 Å². The standard InChI is InChI=1S/C25H35FINO3.C2H5NO.CH2O2/c1-5-15-30-28-23(10-8-6-7-9-22-11-13-27(26)14-12-22)19-29-24-16-21(4)17-25(18-24)31-20(2)3;1-3-4-2;2-1-3/h6-7,11-13,16-18,20H,5,8-10,14-15,19H2,1-4H3;1H2,2H3;1H,(H,2,3)/b7-6+,28-23-;;. The minimum atomic E-state index is -2.25. The molecule has 0 bridgehead atoms. The van der Waals surface area contributed by atoms with E-state index in [1.165, 1.54) is 12.7 Å². The molecule has 1 aliphatic heterocycles. The Hall–Kier alpha value is -2.89. The van der Waals surface area contributed by atoms with Crippen LogP contribution in [-0.2, 0) is 14.5 Å². The van der Waals surface area contributed by atoms with E-state index in [0.717, 1.165) is 48.5 Å². The van der Waals surface area contributed by atoms with Crippen LogP contribution in [0.4, 0.5) is 2.86 Å². The van der Waals surface area contributed by atoms with E-state index in [2.05, 4.69) is 40.9 Å². The molecule has 0 unspecified atom stereocenters. The molecule has 0 spiro atoms. The number of halogens is 2. The summed E-state index contributed by atoms with van der Waals surface area (Å²) in [6.07, 6.45) is 11.7. The molecule has 1 aromatic rings. The number of oxime groups is 2. The number of allylic oxidation sites excluding steroid dienone is 5. The van der Waals surface area contributed by atoms with Crippen LogP contribution in [0, 0.1) is 6.92 Å². The van der Waals surface area contributed by atoms with Gasteiger partial charge in [0.2, 0.25) is 0 Å². The molecule has 1 N–H and O–H groups in total. The number of nitrogens with zero attached hydrogens (tertiary/aromatic N) is 2. The molecule has 1 aliphatic rings. The van der Waals surface area contributed by atoms with E-state index in [-0.39, 0.29) is 12.6 Å². The zero-order chi connectivity index (χ0) is 28.6. The second-order valence-corrected chi connectivity index (χ2v) is 11.7. The van der Waals surface area contributed by atoms with Crippen LogP contribution in [0.15, 0.2) is 62.5 Å². The molecule has 0 saturated heterocycles. The van der Waals surface area contributed by atoms with Crippen LogP contribution in [0.25, 0.3) is 0 Å². The fourth-order valence-corrected chi connectivity index (χ4v) is 4.99. The molecule has 1 aromatic carbocycles. The molecule has 0 aliphatic carbocycles. The van der Waals surface area contributed by atoms with E-state index < -0.39 is 20.4 Å². The van der Waals surface area contributed by atoms with Gasteiger partial charge in [0, 0.05) is 12.8 Å². The minimum Gasteiger partial charge on any atom is -0.491 e. The number of hydrogen-bond donors (Lipinski definition) is 1. The van der Waals surface area contributed by atoms with Crippen molar-refractivity contribution in [3.8, 4) is 11.5 Å². The van der Waals surface area contributed by atoms with Crippen molar-refractivity contribution in [3.05, 3.63) is 57.7 Å². The smallest absolute Gasteiger partial charge is 0.491 e. The maximum absolute atomic E-state index is 13.3. The molecule has 2 rings (SSSR count). The van der Waals surface area contributed by atoms with Crippen LogP contribution >= 0.6 is 20.4 Å². The molecule has 10 heteroatoms.